The zero-order chi connectivity index (χ0) is 15.4. The van der Waals surface area contributed by atoms with Crippen molar-refractivity contribution >= 4 is 23.7 Å². The fourth-order valence-electron chi connectivity index (χ4n) is 1.98. The number of primary amides is 1. The largest absolute Gasteiger partial charge is 0.396 e. The second-order valence-electron chi connectivity index (χ2n) is 4.75. The van der Waals surface area contributed by atoms with E-state index in [0.29, 0.717) is 19.4 Å². The van der Waals surface area contributed by atoms with Crippen molar-refractivity contribution in [3.05, 3.63) is 0 Å². The van der Waals surface area contributed by atoms with E-state index in [1.807, 2.05) is 6.26 Å². The molecular formula is C13H27N3O3S. The van der Waals surface area contributed by atoms with Crippen molar-refractivity contribution in [2.45, 2.75) is 38.6 Å². The van der Waals surface area contributed by atoms with Gasteiger partial charge in [0.15, 0.2) is 0 Å². The zero-order valence-corrected chi connectivity index (χ0v) is 13.2. The van der Waals surface area contributed by atoms with E-state index in [-0.39, 0.29) is 18.4 Å². The summed E-state index contributed by atoms with van der Waals surface area (Å²) in [4.78, 5) is 23.0. The van der Waals surface area contributed by atoms with Gasteiger partial charge in [-0.25, -0.2) is 4.79 Å². The minimum atomic E-state index is -0.688. The lowest BCUT2D eigenvalue weighted by atomic mass is 10.00. The first kappa shape index (κ1) is 19.1. The number of aliphatic hydroxyl groups excluding tert-OH is 1. The predicted molar refractivity (Wildman–Crippen MR) is 82.6 cm³/mol. The molecule has 7 heteroatoms. The molecule has 0 aliphatic heterocycles. The molecule has 0 saturated heterocycles. The molecule has 20 heavy (non-hydrogen) atoms. The number of aliphatic hydroxyl groups is 1. The minimum absolute atomic E-state index is 0.121. The maximum absolute atomic E-state index is 12.0. The van der Waals surface area contributed by atoms with E-state index in [1.54, 1.807) is 11.8 Å². The molecule has 2 atom stereocenters. The highest BCUT2D eigenvalue weighted by atomic mass is 32.2. The van der Waals surface area contributed by atoms with Crippen LogP contribution in [0.1, 0.15) is 32.6 Å². The Labute approximate surface area is 125 Å². The van der Waals surface area contributed by atoms with Gasteiger partial charge in [-0.3, -0.25) is 4.79 Å². The third-order valence-corrected chi connectivity index (χ3v) is 3.69. The van der Waals surface area contributed by atoms with Gasteiger partial charge in [0.2, 0.25) is 5.91 Å². The minimum Gasteiger partial charge on any atom is -0.396 e. The second-order valence-corrected chi connectivity index (χ2v) is 5.74. The SMILES string of the molecule is CCCC(CCO)CNC(=O)C(CCSC)NC(N)=O. The van der Waals surface area contributed by atoms with Gasteiger partial charge < -0.3 is 21.5 Å². The molecule has 0 heterocycles. The number of hydrogen-bond donors (Lipinski definition) is 4. The summed E-state index contributed by atoms with van der Waals surface area (Å²) in [6.07, 6.45) is 5.13. The Kier molecular flexibility index (Phi) is 11.3. The molecule has 0 aromatic carbocycles. The van der Waals surface area contributed by atoms with Gasteiger partial charge in [-0.2, -0.15) is 11.8 Å². The number of thioether (sulfide) groups is 1. The molecule has 0 aromatic rings. The molecule has 0 radical (unpaired) electrons. The van der Waals surface area contributed by atoms with Gasteiger partial charge in [-0.05, 0) is 37.2 Å². The molecule has 2 unspecified atom stereocenters. The van der Waals surface area contributed by atoms with Crippen molar-refractivity contribution in [1.82, 2.24) is 10.6 Å². The Bertz CT molecular complexity index is 284. The number of hydrogen-bond acceptors (Lipinski definition) is 4. The van der Waals surface area contributed by atoms with Crippen LogP contribution in [0, 0.1) is 5.92 Å². The van der Waals surface area contributed by atoms with Crippen LogP contribution in [-0.4, -0.2) is 48.2 Å². The molecule has 3 amide bonds. The highest BCUT2D eigenvalue weighted by Crippen LogP contribution is 2.09. The van der Waals surface area contributed by atoms with Gasteiger partial charge in [-0.1, -0.05) is 13.3 Å². The number of carbonyl (C=O) groups excluding carboxylic acids is 2. The molecular weight excluding hydrogens is 278 g/mol. The summed E-state index contributed by atoms with van der Waals surface area (Å²) < 4.78 is 0. The monoisotopic (exact) mass is 305 g/mol. The van der Waals surface area contributed by atoms with Crippen LogP contribution < -0.4 is 16.4 Å². The molecule has 0 spiro atoms. The van der Waals surface area contributed by atoms with Gasteiger partial charge in [-0.15, -0.1) is 0 Å². The average molecular weight is 305 g/mol. The number of nitrogens with two attached hydrogens (primary N) is 1. The molecule has 0 fully saturated rings. The Morgan fingerprint density at radius 1 is 1.30 bits per heavy atom. The number of carbonyl (C=O) groups is 2. The summed E-state index contributed by atoms with van der Waals surface area (Å²) in [5.74, 6) is 0.827. The van der Waals surface area contributed by atoms with Crippen LogP contribution in [0.4, 0.5) is 4.79 Å². The summed E-state index contributed by atoms with van der Waals surface area (Å²) in [6.45, 7) is 2.71. The van der Waals surface area contributed by atoms with E-state index < -0.39 is 12.1 Å². The lowest BCUT2D eigenvalue weighted by Crippen LogP contribution is -2.49. The predicted octanol–water partition coefficient (Wildman–Crippen LogP) is 0.691. The number of nitrogens with one attached hydrogen (secondary N) is 2. The molecule has 6 nitrogen and oxygen atoms in total. The lowest BCUT2D eigenvalue weighted by Gasteiger charge is -2.20. The van der Waals surface area contributed by atoms with Crippen LogP contribution in [-0.2, 0) is 4.79 Å². The number of urea groups is 1. The molecule has 0 saturated carbocycles. The van der Waals surface area contributed by atoms with Crippen LogP contribution in [0.5, 0.6) is 0 Å². The van der Waals surface area contributed by atoms with Gasteiger partial charge >= 0.3 is 6.03 Å². The van der Waals surface area contributed by atoms with E-state index in [9.17, 15) is 9.59 Å². The highest BCUT2D eigenvalue weighted by molar-refractivity contribution is 7.98. The van der Waals surface area contributed by atoms with Gasteiger partial charge in [0.25, 0.3) is 0 Å². The Morgan fingerprint density at radius 3 is 2.50 bits per heavy atom. The van der Waals surface area contributed by atoms with Crippen LogP contribution >= 0.6 is 11.8 Å². The highest BCUT2D eigenvalue weighted by Gasteiger charge is 2.20. The van der Waals surface area contributed by atoms with Crippen molar-refractivity contribution in [1.29, 1.82) is 0 Å². The number of rotatable bonds is 11. The third kappa shape index (κ3) is 9.03. The average Bonchev–Trinajstić information content (AvgIpc) is 2.40. The molecule has 118 valence electrons. The Morgan fingerprint density at radius 2 is 2.00 bits per heavy atom. The van der Waals surface area contributed by atoms with Crippen molar-refractivity contribution in [3.63, 3.8) is 0 Å². The van der Waals surface area contributed by atoms with E-state index in [1.165, 1.54) is 0 Å². The lowest BCUT2D eigenvalue weighted by molar-refractivity contribution is -0.123. The fraction of sp³-hybridized carbons (Fsp3) is 0.846. The van der Waals surface area contributed by atoms with Crippen LogP contribution in [0.3, 0.4) is 0 Å². The molecule has 0 aliphatic carbocycles. The summed E-state index contributed by atoms with van der Waals surface area (Å²) in [5.41, 5.74) is 5.08. The first-order chi connectivity index (χ1) is 9.54. The first-order valence-corrected chi connectivity index (χ1v) is 8.37. The van der Waals surface area contributed by atoms with Crippen molar-refractivity contribution in [2.75, 3.05) is 25.2 Å². The molecule has 0 aromatic heterocycles. The molecule has 0 bridgehead atoms. The van der Waals surface area contributed by atoms with Crippen LogP contribution in [0.2, 0.25) is 0 Å². The van der Waals surface area contributed by atoms with Gasteiger partial charge in [0.05, 0.1) is 0 Å². The van der Waals surface area contributed by atoms with Crippen LogP contribution in [0.25, 0.3) is 0 Å². The Hall–Kier alpha value is -0.950. The normalized spacial score (nSPS) is 13.6. The van der Waals surface area contributed by atoms with Gasteiger partial charge in [0.1, 0.15) is 6.04 Å². The topological polar surface area (TPSA) is 104 Å². The fourth-order valence-corrected chi connectivity index (χ4v) is 2.46. The Balaban J connectivity index is 4.30. The maximum atomic E-state index is 12.0. The summed E-state index contributed by atoms with van der Waals surface area (Å²) in [6, 6.07) is -1.27. The standard InChI is InChI=1S/C13H27N3O3S/c1-3-4-10(5-7-17)9-15-12(18)11(6-8-20-2)16-13(14)19/h10-11,17H,3-9H2,1-2H3,(H,15,18)(H3,14,16,19). The quantitative estimate of drug-likeness (QED) is 0.451. The van der Waals surface area contributed by atoms with E-state index in [0.717, 1.165) is 18.6 Å². The summed E-state index contributed by atoms with van der Waals surface area (Å²) in [5, 5.41) is 14.3. The number of amides is 3. The van der Waals surface area contributed by atoms with Crippen molar-refractivity contribution in [2.24, 2.45) is 11.7 Å². The van der Waals surface area contributed by atoms with Gasteiger partial charge in [0, 0.05) is 13.2 Å². The van der Waals surface area contributed by atoms with E-state index in [4.69, 9.17) is 10.8 Å². The smallest absolute Gasteiger partial charge is 0.312 e. The van der Waals surface area contributed by atoms with Crippen LogP contribution in [0.15, 0.2) is 0 Å². The molecule has 5 N–H and O–H groups in total. The first-order valence-electron chi connectivity index (χ1n) is 6.98. The summed E-state index contributed by atoms with van der Waals surface area (Å²) in [7, 11) is 0. The molecule has 0 rings (SSSR count). The second kappa shape index (κ2) is 11.8. The third-order valence-electron chi connectivity index (χ3n) is 3.04. The maximum Gasteiger partial charge on any atom is 0.312 e. The molecule has 0 aliphatic rings. The zero-order valence-electron chi connectivity index (χ0n) is 12.4. The van der Waals surface area contributed by atoms with E-state index >= 15 is 0 Å². The van der Waals surface area contributed by atoms with Crippen molar-refractivity contribution < 1.29 is 14.7 Å². The van der Waals surface area contributed by atoms with E-state index in [2.05, 4.69) is 17.6 Å². The summed E-state index contributed by atoms with van der Waals surface area (Å²) >= 11 is 1.61. The van der Waals surface area contributed by atoms with Crippen molar-refractivity contribution in [3.8, 4) is 0 Å².